The Bertz CT molecular complexity index is 438. The maximum atomic E-state index is 4.07. The van der Waals surface area contributed by atoms with Gasteiger partial charge in [0.25, 0.3) is 0 Å². The molecule has 1 aromatic heterocycles. The summed E-state index contributed by atoms with van der Waals surface area (Å²) in [4.78, 5) is 0. The van der Waals surface area contributed by atoms with Gasteiger partial charge in [0.1, 0.15) is 0 Å². The van der Waals surface area contributed by atoms with Crippen molar-refractivity contribution in [3.05, 3.63) is 41.7 Å². The van der Waals surface area contributed by atoms with Crippen LogP contribution < -0.4 is 5.32 Å². The predicted octanol–water partition coefficient (Wildman–Crippen LogP) is 2.08. The van der Waals surface area contributed by atoms with Gasteiger partial charge in [-0.2, -0.15) is 5.21 Å². The Hall–Kier alpha value is -1.75. The number of aromatic nitrogens is 4. The summed E-state index contributed by atoms with van der Waals surface area (Å²) >= 11 is 0. The number of hydrogen-bond donors (Lipinski definition) is 2. The monoisotopic (exact) mass is 245 g/mol. The minimum Gasteiger partial charge on any atom is -0.303 e. The van der Waals surface area contributed by atoms with Gasteiger partial charge in [0.15, 0.2) is 5.82 Å². The molecule has 0 saturated heterocycles. The molecule has 2 rings (SSSR count). The van der Waals surface area contributed by atoms with E-state index >= 15 is 0 Å². The van der Waals surface area contributed by atoms with Gasteiger partial charge in [-0.05, 0) is 17.9 Å². The molecule has 18 heavy (non-hydrogen) atoms. The second-order valence-electron chi connectivity index (χ2n) is 4.82. The fourth-order valence-corrected chi connectivity index (χ4v) is 1.91. The molecule has 1 aromatic carbocycles. The van der Waals surface area contributed by atoms with E-state index in [1.807, 2.05) is 18.2 Å². The molecule has 1 heterocycles. The highest BCUT2D eigenvalue weighted by Crippen LogP contribution is 2.17. The molecule has 96 valence electrons. The van der Waals surface area contributed by atoms with Crippen LogP contribution in [0.15, 0.2) is 30.3 Å². The van der Waals surface area contributed by atoms with Gasteiger partial charge < -0.3 is 5.32 Å². The van der Waals surface area contributed by atoms with Crippen LogP contribution in [0.5, 0.6) is 0 Å². The lowest BCUT2D eigenvalue weighted by atomic mass is 10.0. The molecule has 0 aliphatic carbocycles. The molecular weight excluding hydrogens is 226 g/mol. The fourth-order valence-electron chi connectivity index (χ4n) is 1.91. The van der Waals surface area contributed by atoms with Crippen LogP contribution in [0.4, 0.5) is 0 Å². The average molecular weight is 245 g/mol. The van der Waals surface area contributed by atoms with Crippen molar-refractivity contribution in [3.8, 4) is 0 Å². The number of rotatable bonds is 6. The minimum atomic E-state index is 0.143. The summed E-state index contributed by atoms with van der Waals surface area (Å²) in [6, 6.07) is 10.5. The van der Waals surface area contributed by atoms with Gasteiger partial charge in [-0.25, -0.2) is 0 Å². The standard InChI is InChI=1S/C13H19N5/c1-10(2)8-12(13-15-17-18-16-13)14-9-11-6-4-3-5-7-11/h3-7,10,12,14H,8-9H2,1-2H3,(H,15,16,17,18). The molecule has 5 nitrogen and oxygen atoms in total. The van der Waals surface area contributed by atoms with Crippen molar-refractivity contribution >= 4 is 0 Å². The second kappa shape index (κ2) is 6.26. The van der Waals surface area contributed by atoms with Crippen LogP contribution in [-0.2, 0) is 6.54 Å². The first-order valence-electron chi connectivity index (χ1n) is 6.26. The van der Waals surface area contributed by atoms with Gasteiger partial charge in [0.2, 0.25) is 0 Å². The van der Waals surface area contributed by atoms with E-state index in [-0.39, 0.29) is 6.04 Å². The van der Waals surface area contributed by atoms with Crippen LogP contribution in [0.3, 0.4) is 0 Å². The highest BCUT2D eigenvalue weighted by Gasteiger charge is 2.16. The van der Waals surface area contributed by atoms with Gasteiger partial charge >= 0.3 is 0 Å². The van der Waals surface area contributed by atoms with Crippen LogP contribution in [-0.4, -0.2) is 20.6 Å². The molecule has 1 unspecified atom stereocenters. The number of tetrazole rings is 1. The quantitative estimate of drug-likeness (QED) is 0.817. The Morgan fingerprint density at radius 1 is 1.22 bits per heavy atom. The Balaban J connectivity index is 1.98. The number of H-pyrrole nitrogens is 1. The van der Waals surface area contributed by atoms with Crippen molar-refractivity contribution in [2.75, 3.05) is 0 Å². The zero-order chi connectivity index (χ0) is 12.8. The molecule has 0 radical (unpaired) electrons. The SMILES string of the molecule is CC(C)CC(NCc1ccccc1)c1nn[nH]n1. The lowest BCUT2D eigenvalue weighted by Gasteiger charge is -2.17. The van der Waals surface area contributed by atoms with Gasteiger partial charge in [0.05, 0.1) is 6.04 Å². The number of nitrogens with one attached hydrogen (secondary N) is 2. The van der Waals surface area contributed by atoms with Gasteiger partial charge in [-0.1, -0.05) is 49.4 Å². The molecule has 2 N–H and O–H groups in total. The van der Waals surface area contributed by atoms with E-state index in [9.17, 15) is 0 Å². The fraction of sp³-hybridized carbons (Fsp3) is 0.462. The summed E-state index contributed by atoms with van der Waals surface area (Å²) in [7, 11) is 0. The third-order valence-corrected chi connectivity index (χ3v) is 2.78. The maximum Gasteiger partial charge on any atom is 0.191 e. The smallest absolute Gasteiger partial charge is 0.191 e. The summed E-state index contributed by atoms with van der Waals surface area (Å²) in [5.74, 6) is 1.32. The highest BCUT2D eigenvalue weighted by atomic mass is 15.5. The third kappa shape index (κ3) is 3.63. The van der Waals surface area contributed by atoms with Crippen LogP contribution in [0, 0.1) is 5.92 Å². The molecule has 0 fully saturated rings. The van der Waals surface area contributed by atoms with Crippen LogP contribution >= 0.6 is 0 Å². The molecule has 0 saturated carbocycles. The minimum absolute atomic E-state index is 0.143. The molecule has 0 bridgehead atoms. The molecule has 1 atom stereocenters. The van der Waals surface area contributed by atoms with E-state index in [1.54, 1.807) is 0 Å². The van der Waals surface area contributed by atoms with E-state index in [1.165, 1.54) is 5.56 Å². The first-order valence-corrected chi connectivity index (χ1v) is 6.26. The zero-order valence-corrected chi connectivity index (χ0v) is 10.8. The summed E-state index contributed by atoms with van der Waals surface area (Å²) in [6.07, 6.45) is 0.992. The Labute approximate surface area is 107 Å². The first kappa shape index (κ1) is 12.7. The van der Waals surface area contributed by atoms with Crippen molar-refractivity contribution in [3.63, 3.8) is 0 Å². The Kier molecular flexibility index (Phi) is 4.41. The maximum absolute atomic E-state index is 4.07. The average Bonchev–Trinajstić information content (AvgIpc) is 2.89. The molecular formula is C13H19N5. The Morgan fingerprint density at radius 3 is 2.61 bits per heavy atom. The lowest BCUT2D eigenvalue weighted by molar-refractivity contribution is 0.413. The summed E-state index contributed by atoms with van der Waals surface area (Å²) in [5, 5.41) is 17.8. The largest absolute Gasteiger partial charge is 0.303 e. The predicted molar refractivity (Wildman–Crippen MR) is 69.7 cm³/mol. The Morgan fingerprint density at radius 2 is 2.00 bits per heavy atom. The highest BCUT2D eigenvalue weighted by molar-refractivity contribution is 5.14. The molecule has 0 amide bonds. The summed E-state index contributed by atoms with van der Waals surface area (Å²) in [6.45, 7) is 5.20. The number of aromatic amines is 1. The van der Waals surface area contributed by atoms with Crippen LogP contribution in [0.25, 0.3) is 0 Å². The van der Waals surface area contributed by atoms with Gasteiger partial charge in [-0.15, -0.1) is 10.2 Å². The molecule has 0 spiro atoms. The number of benzene rings is 1. The first-order chi connectivity index (χ1) is 8.75. The summed E-state index contributed by atoms with van der Waals surface area (Å²) < 4.78 is 0. The van der Waals surface area contributed by atoms with Crippen molar-refractivity contribution in [1.29, 1.82) is 0 Å². The van der Waals surface area contributed by atoms with Crippen molar-refractivity contribution in [1.82, 2.24) is 25.9 Å². The third-order valence-electron chi connectivity index (χ3n) is 2.78. The lowest BCUT2D eigenvalue weighted by Crippen LogP contribution is -2.23. The van der Waals surface area contributed by atoms with E-state index in [2.05, 4.69) is 51.9 Å². The normalized spacial score (nSPS) is 12.8. The molecule has 5 heteroatoms. The van der Waals surface area contributed by atoms with E-state index < -0.39 is 0 Å². The number of hydrogen-bond acceptors (Lipinski definition) is 4. The van der Waals surface area contributed by atoms with Crippen LogP contribution in [0.1, 0.15) is 37.7 Å². The van der Waals surface area contributed by atoms with Gasteiger partial charge in [-0.3, -0.25) is 0 Å². The van der Waals surface area contributed by atoms with Crippen LogP contribution in [0.2, 0.25) is 0 Å². The van der Waals surface area contributed by atoms with E-state index in [0.717, 1.165) is 18.8 Å². The topological polar surface area (TPSA) is 66.5 Å². The van der Waals surface area contributed by atoms with Gasteiger partial charge in [0, 0.05) is 6.54 Å². The van der Waals surface area contributed by atoms with E-state index in [0.29, 0.717) is 5.92 Å². The molecule has 2 aromatic rings. The number of nitrogens with zero attached hydrogens (tertiary/aromatic N) is 3. The van der Waals surface area contributed by atoms with Crippen molar-refractivity contribution in [2.45, 2.75) is 32.9 Å². The summed E-state index contributed by atoms with van der Waals surface area (Å²) in [5.41, 5.74) is 1.26. The van der Waals surface area contributed by atoms with E-state index in [4.69, 9.17) is 0 Å². The van der Waals surface area contributed by atoms with Crippen molar-refractivity contribution in [2.24, 2.45) is 5.92 Å². The van der Waals surface area contributed by atoms with Crippen molar-refractivity contribution < 1.29 is 0 Å². The molecule has 0 aliphatic heterocycles. The zero-order valence-electron chi connectivity index (χ0n) is 10.8. The second-order valence-corrected chi connectivity index (χ2v) is 4.82. The molecule has 0 aliphatic rings.